The van der Waals surface area contributed by atoms with E-state index in [1.807, 2.05) is 13.1 Å². The normalized spacial score (nSPS) is 10.7. The molecule has 118 valence electrons. The number of benzene rings is 1. The van der Waals surface area contributed by atoms with Gasteiger partial charge >= 0.3 is 6.03 Å². The van der Waals surface area contributed by atoms with Gasteiger partial charge in [-0.25, -0.2) is 9.78 Å². The van der Waals surface area contributed by atoms with Crippen LogP contribution in [0.1, 0.15) is 11.1 Å². The number of rotatable bonds is 4. The summed E-state index contributed by atoms with van der Waals surface area (Å²) < 4.78 is 1.68. The zero-order valence-electron chi connectivity index (χ0n) is 13.2. The SMILES string of the molecule is Cc1cccc(CCNC(=O)Nc2ccnc3c2cnn3C)c1. The summed E-state index contributed by atoms with van der Waals surface area (Å²) in [6.45, 7) is 2.64. The molecule has 2 aromatic heterocycles. The van der Waals surface area contributed by atoms with Gasteiger partial charge in [-0.15, -0.1) is 0 Å². The highest BCUT2D eigenvalue weighted by atomic mass is 16.2. The van der Waals surface area contributed by atoms with Crippen molar-refractivity contribution < 1.29 is 4.79 Å². The Morgan fingerprint density at radius 3 is 3.00 bits per heavy atom. The number of nitrogens with one attached hydrogen (secondary N) is 2. The van der Waals surface area contributed by atoms with Crippen LogP contribution in [0.2, 0.25) is 0 Å². The average Bonchev–Trinajstić information content (AvgIpc) is 2.90. The molecule has 0 fully saturated rings. The summed E-state index contributed by atoms with van der Waals surface area (Å²) in [5.74, 6) is 0. The molecule has 3 aromatic rings. The van der Waals surface area contributed by atoms with Crippen molar-refractivity contribution in [2.45, 2.75) is 13.3 Å². The van der Waals surface area contributed by atoms with E-state index in [1.165, 1.54) is 11.1 Å². The number of nitrogens with zero attached hydrogens (tertiary/aromatic N) is 3. The van der Waals surface area contributed by atoms with Crippen LogP contribution in [-0.4, -0.2) is 27.3 Å². The van der Waals surface area contributed by atoms with Crippen molar-refractivity contribution in [3.05, 3.63) is 53.9 Å². The number of pyridine rings is 1. The molecule has 0 atom stereocenters. The Kier molecular flexibility index (Phi) is 4.23. The molecule has 6 nitrogen and oxygen atoms in total. The van der Waals surface area contributed by atoms with Gasteiger partial charge in [0.1, 0.15) is 0 Å². The minimum Gasteiger partial charge on any atom is -0.338 e. The Morgan fingerprint density at radius 2 is 2.17 bits per heavy atom. The molecule has 2 heterocycles. The van der Waals surface area contributed by atoms with Gasteiger partial charge in [0.05, 0.1) is 17.3 Å². The predicted molar refractivity (Wildman–Crippen MR) is 90.4 cm³/mol. The third-order valence-corrected chi connectivity index (χ3v) is 3.67. The molecule has 0 unspecified atom stereocenters. The topological polar surface area (TPSA) is 71.8 Å². The molecule has 0 aliphatic rings. The molecule has 0 spiro atoms. The number of anilines is 1. The van der Waals surface area contributed by atoms with Crippen LogP contribution in [0.4, 0.5) is 10.5 Å². The third kappa shape index (κ3) is 3.48. The second kappa shape index (κ2) is 6.48. The summed E-state index contributed by atoms with van der Waals surface area (Å²) >= 11 is 0. The lowest BCUT2D eigenvalue weighted by molar-refractivity contribution is 0.252. The van der Waals surface area contributed by atoms with Crippen molar-refractivity contribution >= 4 is 22.8 Å². The van der Waals surface area contributed by atoms with Crippen molar-refractivity contribution in [1.29, 1.82) is 0 Å². The Balaban J connectivity index is 1.58. The molecule has 23 heavy (non-hydrogen) atoms. The van der Waals surface area contributed by atoms with Crippen molar-refractivity contribution in [1.82, 2.24) is 20.1 Å². The lowest BCUT2D eigenvalue weighted by Crippen LogP contribution is -2.30. The fraction of sp³-hybridized carbons (Fsp3) is 0.235. The summed E-state index contributed by atoms with van der Waals surface area (Å²) in [6, 6.07) is 9.82. The monoisotopic (exact) mass is 309 g/mol. The Bertz CT molecular complexity index is 840. The van der Waals surface area contributed by atoms with Crippen LogP contribution in [0.5, 0.6) is 0 Å². The summed E-state index contributed by atoms with van der Waals surface area (Å²) in [5.41, 5.74) is 3.88. The maximum absolute atomic E-state index is 12.1. The van der Waals surface area contributed by atoms with E-state index in [1.54, 1.807) is 23.1 Å². The number of hydrogen-bond acceptors (Lipinski definition) is 3. The van der Waals surface area contributed by atoms with E-state index in [9.17, 15) is 4.79 Å². The van der Waals surface area contributed by atoms with Gasteiger partial charge in [0.15, 0.2) is 5.65 Å². The molecule has 0 bridgehead atoms. The van der Waals surface area contributed by atoms with Crippen LogP contribution >= 0.6 is 0 Å². The maximum atomic E-state index is 12.1. The molecular formula is C17H19N5O. The first-order chi connectivity index (χ1) is 11.1. The number of hydrogen-bond donors (Lipinski definition) is 2. The third-order valence-electron chi connectivity index (χ3n) is 3.67. The lowest BCUT2D eigenvalue weighted by atomic mass is 10.1. The molecule has 0 aliphatic carbocycles. The summed E-state index contributed by atoms with van der Waals surface area (Å²) in [6.07, 6.45) is 4.16. The zero-order valence-corrected chi connectivity index (χ0v) is 13.2. The molecule has 3 rings (SSSR count). The average molecular weight is 309 g/mol. The number of urea groups is 1. The number of carbonyl (C=O) groups excluding carboxylic acids is 1. The molecular weight excluding hydrogens is 290 g/mol. The number of aromatic nitrogens is 3. The number of amides is 2. The Morgan fingerprint density at radius 1 is 1.30 bits per heavy atom. The first-order valence-electron chi connectivity index (χ1n) is 7.50. The van der Waals surface area contributed by atoms with Gasteiger partial charge < -0.3 is 10.6 Å². The largest absolute Gasteiger partial charge is 0.338 e. The summed E-state index contributed by atoms with van der Waals surface area (Å²) in [7, 11) is 1.82. The Labute approximate surface area is 134 Å². The molecule has 2 N–H and O–H groups in total. The van der Waals surface area contributed by atoms with Gasteiger partial charge in [-0.2, -0.15) is 5.10 Å². The van der Waals surface area contributed by atoms with E-state index >= 15 is 0 Å². The fourth-order valence-electron chi connectivity index (χ4n) is 2.51. The standard InChI is InChI=1S/C17H19N5O/c1-12-4-3-5-13(10-12)6-8-19-17(23)21-15-7-9-18-16-14(15)11-20-22(16)2/h3-5,7,9-11H,6,8H2,1-2H3,(H2,18,19,21,23). The maximum Gasteiger partial charge on any atom is 0.319 e. The molecule has 0 saturated heterocycles. The lowest BCUT2D eigenvalue weighted by Gasteiger charge is -2.08. The van der Waals surface area contributed by atoms with E-state index in [0.29, 0.717) is 12.2 Å². The van der Waals surface area contributed by atoms with Crippen LogP contribution in [-0.2, 0) is 13.5 Å². The van der Waals surface area contributed by atoms with Crippen LogP contribution in [0.25, 0.3) is 11.0 Å². The van der Waals surface area contributed by atoms with E-state index < -0.39 is 0 Å². The zero-order chi connectivity index (χ0) is 16.2. The predicted octanol–water partition coefficient (Wildman–Crippen LogP) is 2.64. The molecule has 1 aromatic carbocycles. The van der Waals surface area contributed by atoms with Crippen molar-refractivity contribution in [3.63, 3.8) is 0 Å². The fourth-order valence-corrected chi connectivity index (χ4v) is 2.51. The van der Waals surface area contributed by atoms with Crippen LogP contribution in [0.15, 0.2) is 42.7 Å². The summed E-state index contributed by atoms with van der Waals surface area (Å²) in [4.78, 5) is 16.3. The second-order valence-corrected chi connectivity index (χ2v) is 5.48. The number of carbonyl (C=O) groups is 1. The van der Waals surface area contributed by atoms with Crippen LogP contribution < -0.4 is 10.6 Å². The molecule has 2 amide bonds. The van der Waals surface area contributed by atoms with Gasteiger partial charge in [0.2, 0.25) is 0 Å². The van der Waals surface area contributed by atoms with Crippen molar-refractivity contribution in [2.24, 2.45) is 7.05 Å². The minimum absolute atomic E-state index is 0.228. The van der Waals surface area contributed by atoms with E-state index in [-0.39, 0.29) is 6.03 Å². The van der Waals surface area contributed by atoms with Gasteiger partial charge in [-0.1, -0.05) is 29.8 Å². The van der Waals surface area contributed by atoms with Gasteiger partial charge in [0, 0.05) is 19.8 Å². The second-order valence-electron chi connectivity index (χ2n) is 5.48. The highest BCUT2D eigenvalue weighted by Crippen LogP contribution is 2.20. The highest BCUT2D eigenvalue weighted by molar-refractivity contribution is 5.99. The van der Waals surface area contributed by atoms with E-state index in [2.05, 4.69) is 45.8 Å². The van der Waals surface area contributed by atoms with E-state index in [0.717, 1.165) is 17.5 Å². The molecule has 0 aliphatic heterocycles. The van der Waals surface area contributed by atoms with Crippen molar-refractivity contribution in [2.75, 3.05) is 11.9 Å². The molecule has 0 radical (unpaired) electrons. The Hall–Kier alpha value is -2.89. The van der Waals surface area contributed by atoms with Crippen LogP contribution in [0, 0.1) is 6.92 Å². The van der Waals surface area contributed by atoms with Crippen molar-refractivity contribution in [3.8, 4) is 0 Å². The number of aryl methyl sites for hydroxylation is 2. The van der Waals surface area contributed by atoms with E-state index in [4.69, 9.17) is 0 Å². The molecule has 6 heteroatoms. The highest BCUT2D eigenvalue weighted by Gasteiger charge is 2.08. The first-order valence-corrected chi connectivity index (χ1v) is 7.50. The van der Waals surface area contributed by atoms with Crippen LogP contribution in [0.3, 0.4) is 0 Å². The van der Waals surface area contributed by atoms with Gasteiger partial charge in [-0.3, -0.25) is 4.68 Å². The first kappa shape index (κ1) is 15.0. The van der Waals surface area contributed by atoms with Gasteiger partial charge in [-0.05, 0) is 25.0 Å². The quantitative estimate of drug-likeness (QED) is 0.778. The summed E-state index contributed by atoms with van der Waals surface area (Å²) in [5, 5.41) is 10.7. The smallest absolute Gasteiger partial charge is 0.319 e. The molecule has 0 saturated carbocycles. The van der Waals surface area contributed by atoms with Gasteiger partial charge in [0.25, 0.3) is 0 Å². The number of fused-ring (bicyclic) bond motifs is 1. The minimum atomic E-state index is -0.228.